The number of fused-ring (bicyclic) bond motifs is 13. The van der Waals surface area contributed by atoms with Crippen molar-refractivity contribution in [2.24, 2.45) is 0 Å². The van der Waals surface area contributed by atoms with Gasteiger partial charge in [0.25, 0.3) is 0 Å². The molecule has 0 saturated heterocycles. The Morgan fingerprint density at radius 3 is 0.913 bits per heavy atom. The summed E-state index contributed by atoms with van der Waals surface area (Å²) in [5, 5.41) is 0. The second-order valence-corrected chi connectivity index (χ2v) is 31.6. The monoisotopic (exact) mass is 1340 g/mol. The lowest BCUT2D eigenvalue weighted by Crippen LogP contribution is -2.24. The third-order valence-electron chi connectivity index (χ3n) is 23.6. The second-order valence-electron chi connectivity index (χ2n) is 31.6. The van der Waals surface area contributed by atoms with E-state index in [0.29, 0.717) is 0 Å². The molecule has 0 bridgehead atoms. The Morgan fingerprint density at radius 1 is 0.212 bits per heavy atom. The van der Waals surface area contributed by atoms with Gasteiger partial charge in [-0.2, -0.15) is 0 Å². The molecule has 0 fully saturated rings. The molecule has 14 aromatic carbocycles. The number of rotatable bonds is 14. The van der Waals surface area contributed by atoms with Crippen LogP contribution in [0.15, 0.2) is 309 Å². The molecule has 0 saturated carbocycles. The van der Waals surface area contributed by atoms with Crippen molar-refractivity contribution < 1.29 is 0 Å². The molecule has 0 unspecified atom stereocenters. The summed E-state index contributed by atoms with van der Waals surface area (Å²) in [6, 6.07) is 116. The van der Waals surface area contributed by atoms with Crippen molar-refractivity contribution >= 4 is 68.2 Å². The summed E-state index contributed by atoms with van der Waals surface area (Å²) in [6.45, 7) is 26.4. The van der Waals surface area contributed by atoms with Crippen LogP contribution in [-0.2, 0) is 28.1 Å². The van der Waals surface area contributed by atoms with E-state index >= 15 is 0 Å². The molecule has 4 heteroatoms. The topological polar surface area (TPSA) is 13.0 Å². The van der Waals surface area contributed by atoms with Crippen molar-refractivity contribution in [2.45, 2.75) is 104 Å². The minimum absolute atomic E-state index is 0.233. The number of anilines is 12. The summed E-state index contributed by atoms with van der Waals surface area (Å²) < 4.78 is 0. The molecule has 0 heterocycles. The van der Waals surface area contributed by atoms with Gasteiger partial charge in [-0.25, -0.2) is 0 Å². The smallest absolute Gasteiger partial charge is 0.0467 e. The van der Waals surface area contributed by atoms with Crippen LogP contribution in [0.25, 0.3) is 44.5 Å². The summed E-state index contributed by atoms with van der Waals surface area (Å²) in [6.07, 6.45) is 0.784. The fourth-order valence-corrected chi connectivity index (χ4v) is 18.5. The summed E-state index contributed by atoms with van der Waals surface area (Å²) in [4.78, 5) is 9.72. The molecular formula is C100H86N4. The van der Waals surface area contributed by atoms with Gasteiger partial charge in [0.05, 0.1) is 0 Å². The highest BCUT2D eigenvalue weighted by atomic mass is 15.2. The number of nitrogens with zero attached hydrogens (tertiary/aromatic N) is 4. The van der Waals surface area contributed by atoms with E-state index < -0.39 is 0 Å². The van der Waals surface area contributed by atoms with Crippen molar-refractivity contribution in [1.82, 2.24) is 0 Å². The highest BCUT2D eigenvalue weighted by molar-refractivity contribution is 5.97. The molecule has 14 aromatic rings. The van der Waals surface area contributed by atoms with E-state index in [1.165, 1.54) is 123 Å². The van der Waals surface area contributed by atoms with Crippen LogP contribution in [0.3, 0.4) is 0 Å². The molecule has 0 atom stereocenters. The Balaban J connectivity index is 0.639. The normalized spacial score (nSPS) is 14.5. The Labute approximate surface area is 614 Å². The molecule has 18 rings (SSSR count). The summed E-state index contributed by atoms with van der Waals surface area (Å²) in [5.74, 6) is 0. The zero-order valence-electron chi connectivity index (χ0n) is 61.4. The van der Waals surface area contributed by atoms with E-state index in [2.05, 4.69) is 405 Å². The number of benzene rings is 14. The van der Waals surface area contributed by atoms with E-state index in [0.717, 1.165) is 69.0 Å². The lowest BCUT2D eigenvalue weighted by Gasteiger charge is -2.32. The number of hydrogen-bond donors (Lipinski definition) is 0. The van der Waals surface area contributed by atoms with Crippen LogP contribution in [0.1, 0.15) is 128 Å². The molecule has 4 nitrogen and oxygen atoms in total. The molecule has 0 spiro atoms. The number of hydrogen-bond acceptors (Lipinski definition) is 4. The first-order valence-corrected chi connectivity index (χ1v) is 37.0. The zero-order chi connectivity index (χ0) is 71.1. The zero-order valence-corrected chi connectivity index (χ0v) is 61.4. The predicted octanol–water partition coefficient (Wildman–Crippen LogP) is 27.3. The lowest BCUT2D eigenvalue weighted by molar-refractivity contribution is 0.601. The van der Waals surface area contributed by atoms with E-state index in [9.17, 15) is 0 Å². The van der Waals surface area contributed by atoms with Crippen molar-refractivity contribution in [2.75, 3.05) is 19.6 Å². The maximum atomic E-state index is 2.57. The van der Waals surface area contributed by atoms with Gasteiger partial charge in [-0.1, -0.05) is 207 Å². The Morgan fingerprint density at radius 2 is 0.519 bits per heavy atom. The standard InChI is InChI=1S/C100H86N4/c1-64-29-27-41-75(53-64)103(72-37-23-15-24-38-72)79-54-65(2)93-85-62-90-86(63-89(85)97(4,5)91(93)60-79)94-66(3)55-80(61-92(94)98(90,6)7)104(73-39-25-16-26-40-73)76-42-28-30-68(57-76)56-67-43-45-74(46-44-67)102(71-35-21-14-22-36-71)78-48-50-82-84-52-51-83-81-49-47-77(101(69-31-17-12-18-32-69)70-33-19-13-20-34-70)58-87(81)99(8,9)95(83)96(84)100(10,11)88(82)59-78/h12-55,57-63H,56H2,1-11H3. The molecule has 506 valence electrons. The first-order valence-electron chi connectivity index (χ1n) is 37.0. The summed E-state index contributed by atoms with van der Waals surface area (Å²) >= 11 is 0. The minimum Gasteiger partial charge on any atom is -0.310 e. The molecule has 4 aliphatic carbocycles. The van der Waals surface area contributed by atoms with E-state index in [4.69, 9.17) is 0 Å². The summed E-state index contributed by atoms with van der Waals surface area (Å²) in [7, 11) is 0. The average Bonchev–Trinajstić information content (AvgIpc) is 1.49. The number of aryl methyl sites for hydroxylation is 3. The molecule has 0 aliphatic heterocycles. The SMILES string of the molecule is Cc1cccc(N(c2ccccc2)c2cc(C)c3c(c2)C(C)(C)c2cc4c(cc2-3)C(C)(C)c2cc(N(c3ccccc3)c3cccc(Cc5ccc(N(c6ccccc6)c6ccc7c(c6)C(C)(C)c6c-7ccc7c6C(C)(C)c6cc(N(c8ccccc8)c8ccccc8)ccc6-7)cc5)c3)cc(C)c2-4)c1. The van der Waals surface area contributed by atoms with Gasteiger partial charge >= 0.3 is 0 Å². The Hall–Kier alpha value is -11.7. The maximum Gasteiger partial charge on any atom is 0.0467 e. The molecule has 0 N–H and O–H groups in total. The van der Waals surface area contributed by atoms with Gasteiger partial charge in [-0.15, -0.1) is 0 Å². The van der Waals surface area contributed by atoms with Crippen molar-refractivity contribution in [3.8, 4) is 44.5 Å². The van der Waals surface area contributed by atoms with Crippen molar-refractivity contribution in [3.63, 3.8) is 0 Å². The summed E-state index contributed by atoms with van der Waals surface area (Å²) in [5.41, 5.74) is 40.9. The van der Waals surface area contributed by atoms with Crippen molar-refractivity contribution in [3.05, 3.63) is 382 Å². The minimum atomic E-state index is -0.277. The third kappa shape index (κ3) is 10.2. The molecule has 0 aromatic heterocycles. The van der Waals surface area contributed by atoms with Gasteiger partial charge in [0.15, 0.2) is 0 Å². The van der Waals surface area contributed by atoms with Gasteiger partial charge in [0, 0.05) is 89.9 Å². The van der Waals surface area contributed by atoms with Crippen LogP contribution in [0, 0.1) is 20.8 Å². The van der Waals surface area contributed by atoms with Gasteiger partial charge in [0.1, 0.15) is 0 Å². The molecular weight excluding hydrogens is 1260 g/mol. The average molecular weight is 1340 g/mol. The first kappa shape index (κ1) is 64.4. The Bertz CT molecular complexity index is 5690. The molecule has 0 amide bonds. The lowest BCUT2D eigenvalue weighted by atomic mass is 9.72. The van der Waals surface area contributed by atoms with Crippen LogP contribution in [-0.4, -0.2) is 0 Å². The molecule has 4 aliphatic rings. The van der Waals surface area contributed by atoms with E-state index in [1.54, 1.807) is 0 Å². The predicted molar refractivity (Wildman–Crippen MR) is 439 cm³/mol. The quantitative estimate of drug-likeness (QED) is 0.108. The van der Waals surface area contributed by atoms with E-state index in [-0.39, 0.29) is 21.7 Å². The van der Waals surface area contributed by atoms with Crippen molar-refractivity contribution in [1.29, 1.82) is 0 Å². The van der Waals surface area contributed by atoms with Gasteiger partial charge in [-0.05, 0) is 302 Å². The number of para-hydroxylation sites is 5. The largest absolute Gasteiger partial charge is 0.310 e. The molecule has 104 heavy (non-hydrogen) atoms. The fourth-order valence-electron chi connectivity index (χ4n) is 18.5. The van der Waals surface area contributed by atoms with Gasteiger partial charge in [-0.3, -0.25) is 0 Å². The highest BCUT2D eigenvalue weighted by Gasteiger charge is 2.47. The van der Waals surface area contributed by atoms with Crippen LogP contribution in [0.5, 0.6) is 0 Å². The van der Waals surface area contributed by atoms with E-state index in [1.807, 2.05) is 0 Å². The van der Waals surface area contributed by atoms with Gasteiger partial charge < -0.3 is 19.6 Å². The fraction of sp³-hybridized carbons (Fsp3) is 0.160. The highest BCUT2D eigenvalue weighted by Crippen LogP contribution is 2.62. The van der Waals surface area contributed by atoms with Crippen LogP contribution in [0.2, 0.25) is 0 Å². The van der Waals surface area contributed by atoms with Crippen LogP contribution < -0.4 is 19.6 Å². The van der Waals surface area contributed by atoms with Gasteiger partial charge in [0.2, 0.25) is 0 Å². The second kappa shape index (κ2) is 24.2. The maximum absolute atomic E-state index is 2.57. The Kier molecular flexibility index (Phi) is 15.0. The molecule has 0 radical (unpaired) electrons. The van der Waals surface area contributed by atoms with Crippen LogP contribution in [0.4, 0.5) is 68.2 Å². The first-order chi connectivity index (χ1) is 50.3. The van der Waals surface area contributed by atoms with Crippen LogP contribution >= 0.6 is 0 Å². The third-order valence-corrected chi connectivity index (χ3v) is 23.6.